The molecule has 0 heterocycles. The molecule has 0 fully saturated rings. The molecular formula is C39H41CoSi-. The predicted molar refractivity (Wildman–Crippen MR) is 180 cm³/mol. The normalized spacial score (nSPS) is 11.9. The summed E-state index contributed by atoms with van der Waals surface area (Å²) in [5.41, 5.74) is 7.85. The number of benzene rings is 4. The van der Waals surface area contributed by atoms with Crippen LogP contribution in [0.2, 0.25) is 18.1 Å². The van der Waals surface area contributed by atoms with E-state index in [1.54, 1.807) is 5.20 Å². The van der Waals surface area contributed by atoms with E-state index >= 15 is 0 Å². The van der Waals surface area contributed by atoms with E-state index in [1.807, 2.05) is 30.3 Å². The Morgan fingerprint density at radius 1 is 0.537 bits per heavy atom. The molecule has 5 aromatic rings. The zero-order valence-electron chi connectivity index (χ0n) is 24.5. The first-order chi connectivity index (χ1) is 19.7. The molecule has 0 spiro atoms. The molecule has 0 atom stereocenters. The number of allylic oxidation sites excluding steroid dienone is 2. The van der Waals surface area contributed by atoms with Crippen molar-refractivity contribution < 1.29 is 16.8 Å². The Kier molecular flexibility index (Phi) is 13.0. The number of hydrogen-bond donors (Lipinski definition) is 0. The van der Waals surface area contributed by atoms with Gasteiger partial charge in [-0.15, -0.1) is 0 Å². The molecule has 0 aliphatic rings. The first-order valence-corrected chi connectivity index (χ1v) is 17.2. The zero-order valence-corrected chi connectivity index (χ0v) is 26.5. The summed E-state index contributed by atoms with van der Waals surface area (Å²) in [6.07, 6.45) is 2.39. The standard InChI is InChI=1S/C34H36Si.C5H5.Co/c1-4-35(5-2,6-3)34(31-25-17-10-18-26-31)33(30-23-15-9-16-24-30)32(29-21-13-8-14-22-29)27-28-19-11-7-12-20-28;1-2-4-5-3-1;/h7-27H,4-6H2,1-3H3;1-5H;/q;-1;. The van der Waals surface area contributed by atoms with Crippen molar-refractivity contribution in [3.8, 4) is 0 Å². The van der Waals surface area contributed by atoms with Gasteiger partial charge in [0.05, 0.1) is 8.07 Å². The van der Waals surface area contributed by atoms with Crippen LogP contribution >= 0.6 is 0 Å². The summed E-state index contributed by atoms with van der Waals surface area (Å²) in [6.45, 7) is 7.23. The second kappa shape index (κ2) is 16.6. The SMILES string of the molecule is CC[Si](CC)(CC)C(=C(C(=Cc1ccccc1)c1ccccc1)c1ccccc1)c1ccccc1.[Co].c1cc[cH-]c1. The fourth-order valence-corrected chi connectivity index (χ4v) is 9.74. The van der Waals surface area contributed by atoms with Crippen LogP contribution in [0.1, 0.15) is 43.0 Å². The van der Waals surface area contributed by atoms with E-state index in [-0.39, 0.29) is 16.8 Å². The Hall–Kier alpha value is -3.57. The Balaban J connectivity index is 0.000000696. The van der Waals surface area contributed by atoms with Gasteiger partial charge in [0.25, 0.3) is 0 Å². The van der Waals surface area contributed by atoms with Crippen LogP contribution in [0.5, 0.6) is 0 Å². The Morgan fingerprint density at radius 3 is 1.37 bits per heavy atom. The minimum atomic E-state index is -1.81. The van der Waals surface area contributed by atoms with Crippen molar-refractivity contribution in [3.05, 3.63) is 174 Å². The molecule has 2 heteroatoms. The van der Waals surface area contributed by atoms with Crippen LogP contribution in [0.3, 0.4) is 0 Å². The molecule has 5 rings (SSSR count). The fourth-order valence-electron chi connectivity index (χ4n) is 5.59. The molecule has 0 saturated heterocycles. The minimum absolute atomic E-state index is 0. The van der Waals surface area contributed by atoms with Crippen molar-refractivity contribution in [3.63, 3.8) is 0 Å². The van der Waals surface area contributed by atoms with Crippen molar-refractivity contribution in [2.45, 2.75) is 38.9 Å². The van der Waals surface area contributed by atoms with Crippen LogP contribution in [0, 0.1) is 0 Å². The van der Waals surface area contributed by atoms with Gasteiger partial charge in [-0.25, -0.2) is 12.1 Å². The second-order valence-electron chi connectivity index (χ2n) is 10.1. The third-order valence-electron chi connectivity index (χ3n) is 7.96. The maximum absolute atomic E-state index is 2.41. The molecule has 0 bridgehead atoms. The summed E-state index contributed by atoms with van der Waals surface area (Å²) in [4.78, 5) is 0. The Bertz CT molecular complexity index is 1420. The monoisotopic (exact) mass is 596 g/mol. The maximum Gasteiger partial charge on any atom is 0.0875 e. The van der Waals surface area contributed by atoms with Crippen molar-refractivity contribution in [1.82, 2.24) is 0 Å². The van der Waals surface area contributed by atoms with Crippen LogP contribution in [0.4, 0.5) is 0 Å². The average Bonchev–Trinajstić information content (AvgIpc) is 3.63. The molecule has 0 N–H and O–H groups in total. The van der Waals surface area contributed by atoms with E-state index in [4.69, 9.17) is 0 Å². The molecule has 1 radical (unpaired) electrons. The van der Waals surface area contributed by atoms with E-state index < -0.39 is 8.07 Å². The summed E-state index contributed by atoms with van der Waals surface area (Å²) < 4.78 is 0. The fraction of sp³-hybridized carbons (Fsp3) is 0.154. The smallest absolute Gasteiger partial charge is 0.0875 e. The minimum Gasteiger partial charge on any atom is -0.214 e. The first kappa shape index (κ1) is 32.0. The summed E-state index contributed by atoms with van der Waals surface area (Å²) in [5, 5.41) is 1.59. The van der Waals surface area contributed by atoms with Gasteiger partial charge in [0.15, 0.2) is 0 Å². The van der Waals surface area contributed by atoms with Crippen molar-refractivity contribution >= 4 is 30.5 Å². The molecule has 0 saturated carbocycles. The third-order valence-corrected chi connectivity index (χ3v) is 13.6. The van der Waals surface area contributed by atoms with E-state index in [0.717, 1.165) is 0 Å². The van der Waals surface area contributed by atoms with E-state index in [9.17, 15) is 0 Å². The molecule has 0 amide bonds. The van der Waals surface area contributed by atoms with Gasteiger partial charge in [0.1, 0.15) is 0 Å². The van der Waals surface area contributed by atoms with Crippen molar-refractivity contribution in [2.75, 3.05) is 0 Å². The van der Waals surface area contributed by atoms with Crippen molar-refractivity contribution in [1.29, 1.82) is 0 Å². The van der Waals surface area contributed by atoms with Gasteiger partial charge in [-0.2, -0.15) is 18.2 Å². The van der Waals surface area contributed by atoms with E-state index in [1.165, 1.54) is 51.5 Å². The Morgan fingerprint density at radius 2 is 0.951 bits per heavy atom. The van der Waals surface area contributed by atoms with Gasteiger partial charge >= 0.3 is 0 Å². The van der Waals surface area contributed by atoms with Crippen LogP contribution in [-0.4, -0.2) is 8.07 Å². The quantitative estimate of drug-likeness (QED) is 0.0687. The predicted octanol–water partition coefficient (Wildman–Crippen LogP) is 11.3. The number of rotatable bonds is 9. The molecular weight excluding hydrogens is 555 g/mol. The zero-order chi connectivity index (χ0) is 28.0. The summed E-state index contributed by atoms with van der Waals surface area (Å²) in [7, 11) is -1.81. The van der Waals surface area contributed by atoms with Gasteiger partial charge in [0.2, 0.25) is 0 Å². The van der Waals surface area contributed by atoms with Gasteiger partial charge in [-0.05, 0) is 44.7 Å². The molecule has 5 aromatic carbocycles. The molecule has 0 unspecified atom stereocenters. The third kappa shape index (κ3) is 8.23. The Labute approximate surface area is 259 Å². The second-order valence-corrected chi connectivity index (χ2v) is 15.3. The molecule has 0 nitrogen and oxygen atoms in total. The largest absolute Gasteiger partial charge is 0.214 e. The molecule has 211 valence electrons. The summed E-state index contributed by atoms with van der Waals surface area (Å²) in [6, 6.07) is 57.6. The maximum atomic E-state index is 2.41. The van der Waals surface area contributed by atoms with Gasteiger partial charge in [-0.3, -0.25) is 0 Å². The van der Waals surface area contributed by atoms with Crippen LogP contribution in [-0.2, 0) is 16.8 Å². The molecule has 41 heavy (non-hydrogen) atoms. The number of hydrogen-bond acceptors (Lipinski definition) is 0. The van der Waals surface area contributed by atoms with Gasteiger partial charge < -0.3 is 0 Å². The average molecular weight is 597 g/mol. The topological polar surface area (TPSA) is 0 Å². The first-order valence-electron chi connectivity index (χ1n) is 14.6. The van der Waals surface area contributed by atoms with Gasteiger partial charge in [0, 0.05) is 16.8 Å². The molecule has 0 aliphatic heterocycles. The van der Waals surface area contributed by atoms with Crippen molar-refractivity contribution in [2.24, 2.45) is 0 Å². The molecule has 0 aromatic heterocycles. The van der Waals surface area contributed by atoms with Crippen LogP contribution < -0.4 is 0 Å². The van der Waals surface area contributed by atoms with E-state index in [0.29, 0.717) is 0 Å². The van der Waals surface area contributed by atoms with Gasteiger partial charge in [-0.1, -0.05) is 160 Å². The van der Waals surface area contributed by atoms with Crippen LogP contribution in [0.15, 0.2) is 152 Å². The van der Waals surface area contributed by atoms with E-state index in [2.05, 4.69) is 148 Å². The summed E-state index contributed by atoms with van der Waals surface area (Å²) >= 11 is 0. The summed E-state index contributed by atoms with van der Waals surface area (Å²) in [5.74, 6) is 0. The molecule has 0 aliphatic carbocycles. The van der Waals surface area contributed by atoms with Crippen LogP contribution in [0.25, 0.3) is 22.4 Å².